The number of rotatable bonds is 0. The van der Waals surface area contributed by atoms with Crippen molar-refractivity contribution in [2.45, 2.75) is 120 Å². The van der Waals surface area contributed by atoms with Gasteiger partial charge in [0, 0.05) is 36.6 Å². The molecule has 0 amide bonds. The summed E-state index contributed by atoms with van der Waals surface area (Å²) in [6.07, 6.45) is -1.00. The second-order valence-electron chi connectivity index (χ2n) is 6.56. The molecule has 0 saturated carbocycles. The molecular formula is C22H60O6W2. The minimum atomic E-state index is -0.167. The summed E-state index contributed by atoms with van der Waals surface area (Å²) in [7, 11) is 0. The maximum absolute atomic E-state index is 8.06. The fraction of sp³-hybridized carbons (Fsp3) is 0.818. The summed E-state index contributed by atoms with van der Waals surface area (Å²) in [5.74, 6) is 0. The maximum Gasteiger partial charge on any atom is 2.00 e. The van der Waals surface area contributed by atoms with E-state index in [1.54, 1.807) is 83.1 Å². The average Bonchev–Trinajstić information content (AvgIpc) is 2.08. The van der Waals surface area contributed by atoms with Crippen molar-refractivity contribution < 1.29 is 72.8 Å². The quantitative estimate of drug-likeness (QED) is 0.206. The molecule has 0 aliphatic heterocycles. The van der Waals surface area contributed by atoms with E-state index < -0.39 is 0 Å². The van der Waals surface area contributed by atoms with Crippen LogP contribution < -0.4 is 0 Å². The van der Waals surface area contributed by atoms with E-state index in [2.05, 4.69) is 0 Å². The van der Waals surface area contributed by atoms with Gasteiger partial charge in [-0.15, -0.1) is 0 Å². The van der Waals surface area contributed by atoms with Crippen molar-refractivity contribution in [1.29, 1.82) is 0 Å². The van der Waals surface area contributed by atoms with Crippen LogP contribution >= 0.6 is 0 Å². The third-order valence-electron chi connectivity index (χ3n) is 0. The number of hydrogen-bond donors (Lipinski definition) is 6. The Hall–Kier alpha value is 1.14. The minimum Gasteiger partial charge on any atom is -0.394 e. The molecule has 0 atom stereocenters. The van der Waals surface area contributed by atoms with Crippen molar-refractivity contribution in [2.75, 3.05) is 0 Å². The predicted molar refractivity (Wildman–Crippen MR) is 130 cm³/mol. The molecule has 6 N–H and O–H groups in total. The molecular weight excluding hydrogens is 728 g/mol. The third kappa shape index (κ3) is 17900. The van der Waals surface area contributed by atoms with Gasteiger partial charge in [-0.25, -0.2) is 0 Å². The van der Waals surface area contributed by atoms with E-state index in [1.165, 1.54) is 0 Å². The fourth-order valence-corrected chi connectivity index (χ4v) is 0. The molecule has 0 aromatic heterocycles. The van der Waals surface area contributed by atoms with Crippen molar-refractivity contribution in [2.24, 2.45) is 0 Å². The Morgan fingerprint density at radius 3 is 0.267 bits per heavy atom. The SMILES string of the molecule is CC(C)O.CC(C)O.CC(C)O.CC(C)O.CC(C)O.CC(C)O.[CH3-].[CH3-].[CH3-].[CH3-].[W+2].[W+2]. The van der Waals surface area contributed by atoms with Crippen LogP contribution in [0, 0.1) is 29.7 Å². The van der Waals surface area contributed by atoms with Crippen molar-refractivity contribution in [3.05, 3.63) is 29.7 Å². The average molecular weight is 788 g/mol. The molecule has 0 rings (SSSR count). The Morgan fingerprint density at radius 1 is 0.267 bits per heavy atom. The summed E-state index contributed by atoms with van der Waals surface area (Å²) in [4.78, 5) is 0. The smallest absolute Gasteiger partial charge is 0.394 e. The number of aliphatic hydroxyl groups excluding tert-OH is 6. The van der Waals surface area contributed by atoms with Crippen molar-refractivity contribution >= 4 is 0 Å². The van der Waals surface area contributed by atoms with Gasteiger partial charge in [0.1, 0.15) is 0 Å². The van der Waals surface area contributed by atoms with Crippen LogP contribution in [0.1, 0.15) is 83.1 Å². The van der Waals surface area contributed by atoms with Crippen LogP contribution in [0.2, 0.25) is 0 Å². The van der Waals surface area contributed by atoms with Crippen molar-refractivity contribution in [3.8, 4) is 0 Å². The molecule has 0 radical (unpaired) electrons. The van der Waals surface area contributed by atoms with Crippen LogP contribution in [-0.2, 0) is 42.1 Å². The summed E-state index contributed by atoms with van der Waals surface area (Å²) in [6, 6.07) is 0. The largest absolute Gasteiger partial charge is 2.00 e. The Labute approximate surface area is 221 Å². The maximum atomic E-state index is 8.06. The van der Waals surface area contributed by atoms with Crippen LogP contribution in [0.15, 0.2) is 0 Å². The molecule has 6 nitrogen and oxygen atoms in total. The zero-order valence-corrected chi connectivity index (χ0v) is 28.8. The van der Waals surface area contributed by atoms with Gasteiger partial charge < -0.3 is 60.3 Å². The molecule has 0 bridgehead atoms. The molecule has 30 heavy (non-hydrogen) atoms. The van der Waals surface area contributed by atoms with Crippen molar-refractivity contribution in [1.82, 2.24) is 0 Å². The van der Waals surface area contributed by atoms with Gasteiger partial charge in [-0.05, 0) is 83.1 Å². The molecule has 0 spiro atoms. The van der Waals surface area contributed by atoms with Gasteiger partial charge in [-0.1, -0.05) is 0 Å². The summed E-state index contributed by atoms with van der Waals surface area (Å²) in [6.45, 7) is 20.7. The van der Waals surface area contributed by atoms with Crippen LogP contribution in [0.3, 0.4) is 0 Å². The fourth-order valence-electron chi connectivity index (χ4n) is 0. The summed E-state index contributed by atoms with van der Waals surface area (Å²) >= 11 is 0. The second kappa shape index (κ2) is 69.9. The van der Waals surface area contributed by atoms with E-state index in [1.807, 2.05) is 0 Å². The molecule has 0 unspecified atom stereocenters. The molecule has 0 aliphatic carbocycles. The zero-order valence-electron chi connectivity index (χ0n) is 23.0. The Morgan fingerprint density at radius 2 is 0.267 bits per heavy atom. The van der Waals surface area contributed by atoms with Gasteiger partial charge in [0.2, 0.25) is 0 Å². The Bertz CT molecular complexity index is 107. The molecule has 0 aromatic rings. The van der Waals surface area contributed by atoms with E-state index in [0.717, 1.165) is 0 Å². The first kappa shape index (κ1) is 77.2. The Balaban J connectivity index is -0.0000000125. The van der Waals surface area contributed by atoms with E-state index in [-0.39, 0.29) is 108 Å². The summed E-state index contributed by atoms with van der Waals surface area (Å²) in [5, 5.41) is 48.3. The van der Waals surface area contributed by atoms with Crippen LogP contribution in [0.25, 0.3) is 0 Å². The van der Waals surface area contributed by atoms with Gasteiger partial charge >= 0.3 is 42.1 Å². The number of hydrogen-bond acceptors (Lipinski definition) is 6. The minimum absolute atomic E-state index is 0. The molecule has 0 saturated heterocycles. The molecule has 0 fully saturated rings. The third-order valence-corrected chi connectivity index (χ3v) is 0. The molecule has 0 aromatic carbocycles. The molecule has 8 heteroatoms. The second-order valence-corrected chi connectivity index (χ2v) is 6.56. The van der Waals surface area contributed by atoms with Gasteiger partial charge in [-0.3, -0.25) is 0 Å². The first-order valence-corrected chi connectivity index (χ1v) is 8.48. The van der Waals surface area contributed by atoms with Crippen LogP contribution in [-0.4, -0.2) is 67.3 Å². The van der Waals surface area contributed by atoms with E-state index in [4.69, 9.17) is 30.6 Å². The molecule has 0 heterocycles. The van der Waals surface area contributed by atoms with Crippen molar-refractivity contribution in [3.63, 3.8) is 0 Å². The Kier molecular flexibility index (Phi) is 180. The predicted octanol–water partition coefficient (Wildman–Crippen LogP) is 4.12. The number of aliphatic hydroxyl groups is 6. The van der Waals surface area contributed by atoms with Gasteiger partial charge in [0.15, 0.2) is 0 Å². The first-order chi connectivity index (χ1) is 10.4. The topological polar surface area (TPSA) is 121 Å². The van der Waals surface area contributed by atoms with Gasteiger partial charge in [0.05, 0.1) is 0 Å². The van der Waals surface area contributed by atoms with E-state index in [0.29, 0.717) is 0 Å². The standard InChI is InChI=1S/6C3H8O.4CH3.2W/c6*1-3(2)4;;;;;;/h6*3-4H,1-2H3;4*1H3;;/q;;;;;;4*-1;2*+2. The zero-order chi connectivity index (χ0) is 21.5. The van der Waals surface area contributed by atoms with E-state index >= 15 is 0 Å². The van der Waals surface area contributed by atoms with Crippen LogP contribution in [0.5, 0.6) is 0 Å². The summed E-state index contributed by atoms with van der Waals surface area (Å²) in [5.41, 5.74) is 0. The molecule has 0 aliphatic rings. The molecule has 196 valence electrons. The normalized spacial score (nSPS) is 7.20. The monoisotopic (exact) mass is 788 g/mol. The summed E-state index contributed by atoms with van der Waals surface area (Å²) < 4.78 is 0. The van der Waals surface area contributed by atoms with E-state index in [9.17, 15) is 0 Å². The van der Waals surface area contributed by atoms with Crippen LogP contribution in [0.4, 0.5) is 0 Å². The van der Waals surface area contributed by atoms with Gasteiger partial charge in [0.25, 0.3) is 0 Å². The van der Waals surface area contributed by atoms with Gasteiger partial charge in [-0.2, -0.15) is 0 Å². The first-order valence-electron chi connectivity index (χ1n) is 8.48.